The van der Waals surface area contributed by atoms with Crippen LogP contribution in [0.15, 0.2) is 60.8 Å². The fourth-order valence-corrected chi connectivity index (χ4v) is 2.79. The van der Waals surface area contributed by atoms with Gasteiger partial charge in [-0.3, -0.25) is 4.98 Å². The van der Waals surface area contributed by atoms with Crippen molar-refractivity contribution in [1.29, 1.82) is 0 Å². The number of pyridine rings is 1. The number of carbonyl (C=O) groups excluding carboxylic acids is 1. The van der Waals surface area contributed by atoms with Gasteiger partial charge in [0.25, 0.3) is 0 Å². The summed E-state index contributed by atoms with van der Waals surface area (Å²) >= 11 is 0. The minimum atomic E-state index is -0.492. The molecule has 0 N–H and O–H groups in total. The second-order valence-corrected chi connectivity index (χ2v) is 6.76. The Morgan fingerprint density at radius 2 is 1.80 bits per heavy atom. The summed E-state index contributed by atoms with van der Waals surface area (Å²) in [6, 6.07) is 17.0. The lowest BCUT2D eigenvalue weighted by Crippen LogP contribution is -2.18. The summed E-state index contributed by atoms with van der Waals surface area (Å²) < 4.78 is 16.8. The molecule has 0 amide bonds. The van der Waals surface area contributed by atoms with Crippen LogP contribution in [0.25, 0.3) is 12.2 Å². The first-order valence-electron chi connectivity index (χ1n) is 9.82. The number of carbonyl (C=O) groups is 1. The first-order valence-corrected chi connectivity index (χ1v) is 9.82. The summed E-state index contributed by atoms with van der Waals surface area (Å²) in [5.74, 6) is 1.04. The van der Waals surface area contributed by atoms with Crippen LogP contribution in [0.4, 0.5) is 0 Å². The van der Waals surface area contributed by atoms with Crippen LogP contribution < -0.4 is 14.2 Å². The minimum Gasteiger partial charge on any atom is -0.490 e. The van der Waals surface area contributed by atoms with Crippen LogP contribution in [0.1, 0.15) is 29.3 Å². The molecule has 0 radical (unpaired) electrons. The lowest BCUT2D eigenvalue weighted by atomic mass is 10.1. The first kappa shape index (κ1) is 21.1. The maximum atomic E-state index is 12.3. The molecule has 154 valence electrons. The second-order valence-electron chi connectivity index (χ2n) is 6.76. The van der Waals surface area contributed by atoms with Crippen molar-refractivity contribution in [2.75, 3.05) is 13.2 Å². The fourth-order valence-electron chi connectivity index (χ4n) is 2.79. The van der Waals surface area contributed by atoms with E-state index in [1.807, 2.05) is 81.5 Å². The molecule has 0 saturated heterocycles. The van der Waals surface area contributed by atoms with E-state index in [0.29, 0.717) is 23.9 Å². The molecular weight excluding hydrogens is 378 g/mol. The third-order valence-corrected chi connectivity index (χ3v) is 4.31. The first-order chi connectivity index (χ1) is 14.5. The summed E-state index contributed by atoms with van der Waals surface area (Å²) in [6.07, 6.45) is 5.59. The number of aromatic nitrogens is 1. The molecule has 0 aliphatic rings. The van der Waals surface area contributed by atoms with Gasteiger partial charge >= 0.3 is 5.97 Å². The number of hydrogen-bond acceptors (Lipinski definition) is 5. The van der Waals surface area contributed by atoms with E-state index in [0.717, 1.165) is 22.4 Å². The number of esters is 1. The van der Waals surface area contributed by atoms with Gasteiger partial charge < -0.3 is 14.2 Å². The Bertz CT molecular complexity index is 1030. The van der Waals surface area contributed by atoms with Gasteiger partial charge in [0.1, 0.15) is 5.75 Å². The van der Waals surface area contributed by atoms with Gasteiger partial charge in [0.2, 0.25) is 0 Å². The van der Waals surface area contributed by atoms with E-state index < -0.39 is 5.97 Å². The maximum Gasteiger partial charge on any atom is 0.349 e. The number of aryl methyl sites for hydroxylation is 2. The van der Waals surface area contributed by atoms with Crippen LogP contribution in [0.5, 0.6) is 17.2 Å². The minimum absolute atomic E-state index is 0.183. The maximum absolute atomic E-state index is 12.3. The third-order valence-electron chi connectivity index (χ3n) is 4.31. The molecule has 3 aromatic rings. The smallest absolute Gasteiger partial charge is 0.349 e. The van der Waals surface area contributed by atoms with Crippen molar-refractivity contribution in [2.45, 2.75) is 20.8 Å². The number of ether oxygens (including phenoxy) is 3. The van der Waals surface area contributed by atoms with Crippen LogP contribution in [0, 0.1) is 13.8 Å². The average molecular weight is 403 g/mol. The van der Waals surface area contributed by atoms with Gasteiger partial charge in [0.15, 0.2) is 18.1 Å². The summed E-state index contributed by atoms with van der Waals surface area (Å²) in [4.78, 5) is 16.6. The van der Waals surface area contributed by atoms with Gasteiger partial charge in [0, 0.05) is 6.20 Å². The SMILES string of the molecule is CCOc1cc(/C=C/c2ccccn2)ccc1OC(=O)COc1cc(C)ccc1C. The Morgan fingerprint density at radius 3 is 2.57 bits per heavy atom. The third kappa shape index (κ3) is 5.95. The molecule has 30 heavy (non-hydrogen) atoms. The molecule has 3 rings (SSSR count). The van der Waals surface area contributed by atoms with E-state index in [-0.39, 0.29) is 6.61 Å². The molecule has 0 spiro atoms. The molecule has 0 aliphatic heterocycles. The van der Waals surface area contributed by atoms with Crippen LogP contribution in [0.2, 0.25) is 0 Å². The Morgan fingerprint density at radius 1 is 0.933 bits per heavy atom. The van der Waals surface area contributed by atoms with Crippen LogP contribution in [-0.2, 0) is 4.79 Å². The lowest BCUT2D eigenvalue weighted by Gasteiger charge is -2.13. The topological polar surface area (TPSA) is 57.7 Å². The van der Waals surface area contributed by atoms with Crippen molar-refractivity contribution in [3.05, 3.63) is 83.2 Å². The lowest BCUT2D eigenvalue weighted by molar-refractivity contribution is -0.136. The number of hydrogen-bond donors (Lipinski definition) is 0. The summed E-state index contributed by atoms with van der Waals surface area (Å²) in [5, 5.41) is 0. The van der Waals surface area contributed by atoms with E-state index in [2.05, 4.69) is 4.98 Å². The number of nitrogens with zero attached hydrogens (tertiary/aromatic N) is 1. The van der Waals surface area contributed by atoms with Crippen molar-refractivity contribution in [2.24, 2.45) is 0 Å². The Balaban J connectivity index is 1.67. The summed E-state index contributed by atoms with van der Waals surface area (Å²) in [5.41, 5.74) is 3.80. The highest BCUT2D eigenvalue weighted by Crippen LogP contribution is 2.29. The average Bonchev–Trinajstić information content (AvgIpc) is 2.75. The van der Waals surface area contributed by atoms with Crippen LogP contribution in [-0.4, -0.2) is 24.2 Å². The zero-order chi connectivity index (χ0) is 21.3. The largest absolute Gasteiger partial charge is 0.490 e. The van der Waals surface area contributed by atoms with E-state index in [4.69, 9.17) is 14.2 Å². The monoisotopic (exact) mass is 403 g/mol. The molecule has 5 heteroatoms. The second kappa shape index (κ2) is 10.3. The van der Waals surface area contributed by atoms with Crippen molar-refractivity contribution in [1.82, 2.24) is 4.98 Å². The molecule has 1 aromatic heterocycles. The van der Waals surface area contributed by atoms with E-state index in [1.165, 1.54) is 0 Å². The van der Waals surface area contributed by atoms with Gasteiger partial charge in [-0.1, -0.05) is 30.3 Å². The molecule has 1 heterocycles. The summed E-state index contributed by atoms with van der Waals surface area (Å²) in [6.45, 7) is 6.06. The Hall–Kier alpha value is -3.60. The highest BCUT2D eigenvalue weighted by atomic mass is 16.6. The number of rotatable bonds is 8. The van der Waals surface area contributed by atoms with E-state index >= 15 is 0 Å². The molecule has 0 atom stereocenters. The zero-order valence-electron chi connectivity index (χ0n) is 17.4. The van der Waals surface area contributed by atoms with Crippen LogP contribution >= 0.6 is 0 Å². The fraction of sp³-hybridized carbons (Fsp3) is 0.200. The standard InChI is InChI=1S/C25H25NO4/c1-4-28-24-16-20(10-12-21-7-5-6-14-26-21)11-13-22(24)30-25(27)17-29-23-15-18(2)8-9-19(23)3/h5-16H,4,17H2,1-3H3/b12-10+. The van der Waals surface area contributed by atoms with Crippen LogP contribution in [0.3, 0.4) is 0 Å². The van der Waals surface area contributed by atoms with E-state index in [1.54, 1.807) is 12.3 Å². The molecule has 2 aromatic carbocycles. The Kier molecular flexibility index (Phi) is 7.22. The molecule has 0 aliphatic carbocycles. The normalized spacial score (nSPS) is 10.8. The van der Waals surface area contributed by atoms with E-state index in [9.17, 15) is 4.79 Å². The van der Waals surface area contributed by atoms with Crippen molar-refractivity contribution >= 4 is 18.1 Å². The van der Waals surface area contributed by atoms with Crippen molar-refractivity contribution in [3.8, 4) is 17.2 Å². The predicted molar refractivity (Wildman–Crippen MR) is 118 cm³/mol. The summed E-state index contributed by atoms with van der Waals surface area (Å²) in [7, 11) is 0. The van der Waals surface area contributed by atoms with Gasteiger partial charge in [-0.05, 0) is 73.9 Å². The predicted octanol–water partition coefficient (Wildman–Crippen LogP) is 5.25. The Labute approximate surface area is 176 Å². The van der Waals surface area contributed by atoms with Gasteiger partial charge in [0.05, 0.1) is 12.3 Å². The van der Waals surface area contributed by atoms with Gasteiger partial charge in [-0.25, -0.2) is 4.79 Å². The molecular formula is C25H25NO4. The van der Waals surface area contributed by atoms with Gasteiger partial charge in [-0.15, -0.1) is 0 Å². The highest BCUT2D eigenvalue weighted by Gasteiger charge is 2.12. The molecule has 0 fully saturated rings. The molecule has 0 unspecified atom stereocenters. The van der Waals surface area contributed by atoms with Crippen molar-refractivity contribution < 1.29 is 19.0 Å². The highest BCUT2D eigenvalue weighted by molar-refractivity contribution is 5.76. The quantitative estimate of drug-likeness (QED) is 0.380. The van der Waals surface area contributed by atoms with Crippen molar-refractivity contribution in [3.63, 3.8) is 0 Å². The number of benzene rings is 2. The molecule has 0 bridgehead atoms. The molecule has 0 saturated carbocycles. The molecule has 5 nitrogen and oxygen atoms in total. The zero-order valence-corrected chi connectivity index (χ0v) is 17.4. The van der Waals surface area contributed by atoms with Gasteiger partial charge in [-0.2, -0.15) is 0 Å².